The fraction of sp³-hybridized carbons (Fsp3) is 0.353. The van der Waals surface area contributed by atoms with Gasteiger partial charge in [-0.05, 0) is 41.7 Å². The van der Waals surface area contributed by atoms with Crippen LogP contribution in [0.15, 0.2) is 42.6 Å². The zero-order valence-corrected chi connectivity index (χ0v) is 12.0. The van der Waals surface area contributed by atoms with Crippen LogP contribution in [0.5, 0.6) is 0 Å². The number of benzene rings is 1. The zero-order valence-electron chi connectivity index (χ0n) is 12.0. The average Bonchev–Trinajstić information content (AvgIpc) is 2.70. The van der Waals surface area contributed by atoms with E-state index < -0.39 is 0 Å². The van der Waals surface area contributed by atoms with E-state index >= 15 is 0 Å². The normalized spacial score (nSPS) is 15.4. The van der Waals surface area contributed by atoms with E-state index in [9.17, 15) is 0 Å². The molecule has 1 aliphatic rings. The van der Waals surface area contributed by atoms with Crippen LogP contribution in [-0.4, -0.2) is 30.0 Å². The quantitative estimate of drug-likeness (QED) is 0.927. The standard InChI is InChI=1S/C17H21N3/c1-18-17-12-14(6-9-19-17)13-20-10-7-15-4-2-3-5-16(15)8-11-20/h2-6,9,12H,7-8,10-11,13H2,1H3,(H,18,19). The van der Waals surface area contributed by atoms with Gasteiger partial charge in [0.15, 0.2) is 0 Å². The number of rotatable bonds is 3. The van der Waals surface area contributed by atoms with Crippen LogP contribution in [0.4, 0.5) is 5.82 Å². The van der Waals surface area contributed by atoms with Crippen LogP contribution in [-0.2, 0) is 19.4 Å². The molecule has 0 unspecified atom stereocenters. The maximum absolute atomic E-state index is 4.27. The number of hydrogen-bond acceptors (Lipinski definition) is 3. The van der Waals surface area contributed by atoms with Gasteiger partial charge < -0.3 is 5.32 Å². The Labute approximate surface area is 120 Å². The van der Waals surface area contributed by atoms with Crippen molar-refractivity contribution in [2.75, 3.05) is 25.5 Å². The largest absolute Gasteiger partial charge is 0.373 e. The van der Waals surface area contributed by atoms with E-state index in [4.69, 9.17) is 0 Å². The highest BCUT2D eigenvalue weighted by atomic mass is 15.1. The molecule has 0 spiro atoms. The van der Waals surface area contributed by atoms with Gasteiger partial charge in [-0.1, -0.05) is 24.3 Å². The second kappa shape index (κ2) is 6.06. The number of nitrogens with zero attached hydrogens (tertiary/aromatic N) is 2. The average molecular weight is 267 g/mol. The minimum absolute atomic E-state index is 0.945. The van der Waals surface area contributed by atoms with E-state index in [0.29, 0.717) is 0 Å². The smallest absolute Gasteiger partial charge is 0.125 e. The van der Waals surface area contributed by atoms with Crippen molar-refractivity contribution in [2.45, 2.75) is 19.4 Å². The van der Waals surface area contributed by atoms with Crippen molar-refractivity contribution in [3.63, 3.8) is 0 Å². The molecule has 1 N–H and O–H groups in total. The molecule has 0 radical (unpaired) electrons. The number of fused-ring (bicyclic) bond motifs is 1. The predicted molar refractivity (Wildman–Crippen MR) is 82.9 cm³/mol. The second-order valence-electron chi connectivity index (χ2n) is 5.34. The molecule has 0 fully saturated rings. The molecule has 3 nitrogen and oxygen atoms in total. The van der Waals surface area contributed by atoms with Crippen LogP contribution >= 0.6 is 0 Å². The lowest BCUT2D eigenvalue weighted by molar-refractivity contribution is 0.279. The Kier molecular flexibility index (Phi) is 3.97. The van der Waals surface area contributed by atoms with Gasteiger partial charge >= 0.3 is 0 Å². The molecule has 2 aromatic rings. The van der Waals surface area contributed by atoms with Crippen molar-refractivity contribution in [1.82, 2.24) is 9.88 Å². The van der Waals surface area contributed by atoms with Crippen molar-refractivity contribution in [1.29, 1.82) is 0 Å². The minimum Gasteiger partial charge on any atom is -0.373 e. The predicted octanol–water partition coefficient (Wildman–Crippen LogP) is 2.72. The van der Waals surface area contributed by atoms with Gasteiger partial charge in [0, 0.05) is 32.9 Å². The van der Waals surface area contributed by atoms with E-state index in [2.05, 4.69) is 51.6 Å². The summed E-state index contributed by atoms with van der Waals surface area (Å²) in [5.41, 5.74) is 4.36. The molecule has 20 heavy (non-hydrogen) atoms. The van der Waals surface area contributed by atoms with Crippen molar-refractivity contribution in [3.8, 4) is 0 Å². The lowest BCUT2D eigenvalue weighted by Gasteiger charge is -2.20. The molecule has 1 aliphatic heterocycles. The van der Waals surface area contributed by atoms with Gasteiger partial charge in [-0.2, -0.15) is 0 Å². The lowest BCUT2D eigenvalue weighted by atomic mass is 10.0. The van der Waals surface area contributed by atoms with Crippen molar-refractivity contribution in [2.24, 2.45) is 0 Å². The van der Waals surface area contributed by atoms with Crippen LogP contribution < -0.4 is 5.32 Å². The Morgan fingerprint density at radius 2 is 1.80 bits per heavy atom. The molecule has 1 aromatic heterocycles. The summed E-state index contributed by atoms with van der Waals surface area (Å²) < 4.78 is 0. The number of hydrogen-bond donors (Lipinski definition) is 1. The summed E-state index contributed by atoms with van der Waals surface area (Å²) in [5, 5.41) is 3.10. The topological polar surface area (TPSA) is 28.2 Å². The number of aromatic nitrogens is 1. The highest BCUT2D eigenvalue weighted by Gasteiger charge is 2.13. The van der Waals surface area contributed by atoms with Gasteiger partial charge in [0.25, 0.3) is 0 Å². The molecule has 0 saturated carbocycles. The molecular formula is C17H21N3. The number of anilines is 1. The fourth-order valence-electron chi connectivity index (χ4n) is 2.84. The SMILES string of the molecule is CNc1cc(CN2CCc3ccccc3CC2)ccn1. The first-order valence-corrected chi connectivity index (χ1v) is 7.27. The van der Waals surface area contributed by atoms with Gasteiger partial charge in [0.1, 0.15) is 5.82 Å². The Hall–Kier alpha value is -1.87. The molecule has 2 heterocycles. The minimum atomic E-state index is 0.945. The van der Waals surface area contributed by atoms with Gasteiger partial charge in [0.2, 0.25) is 0 Å². The van der Waals surface area contributed by atoms with Crippen molar-refractivity contribution in [3.05, 3.63) is 59.3 Å². The van der Waals surface area contributed by atoms with Crippen LogP contribution in [0, 0.1) is 0 Å². The molecular weight excluding hydrogens is 246 g/mol. The lowest BCUT2D eigenvalue weighted by Crippen LogP contribution is -2.26. The second-order valence-corrected chi connectivity index (χ2v) is 5.34. The summed E-state index contributed by atoms with van der Waals surface area (Å²) in [5.74, 6) is 0.945. The Morgan fingerprint density at radius 3 is 2.45 bits per heavy atom. The third-order valence-corrected chi connectivity index (χ3v) is 4.00. The summed E-state index contributed by atoms with van der Waals surface area (Å²) in [6.07, 6.45) is 4.19. The number of pyridine rings is 1. The number of nitrogens with one attached hydrogen (secondary N) is 1. The third kappa shape index (κ3) is 2.99. The van der Waals surface area contributed by atoms with Crippen molar-refractivity contribution >= 4 is 5.82 Å². The van der Waals surface area contributed by atoms with Crippen molar-refractivity contribution < 1.29 is 0 Å². The van der Waals surface area contributed by atoms with E-state index in [1.54, 1.807) is 0 Å². The maximum Gasteiger partial charge on any atom is 0.125 e. The van der Waals surface area contributed by atoms with Crippen LogP contribution in [0.3, 0.4) is 0 Å². The summed E-state index contributed by atoms with van der Waals surface area (Å²) in [6.45, 7) is 3.27. The van der Waals surface area contributed by atoms with E-state index in [1.165, 1.54) is 16.7 Å². The van der Waals surface area contributed by atoms with Crippen LogP contribution in [0.2, 0.25) is 0 Å². The molecule has 0 saturated heterocycles. The Balaban J connectivity index is 1.68. The van der Waals surface area contributed by atoms with Crippen LogP contribution in [0.1, 0.15) is 16.7 Å². The van der Waals surface area contributed by atoms with Gasteiger partial charge in [-0.15, -0.1) is 0 Å². The zero-order chi connectivity index (χ0) is 13.8. The maximum atomic E-state index is 4.27. The molecule has 104 valence electrons. The van der Waals surface area contributed by atoms with E-state index in [1.807, 2.05) is 13.2 Å². The van der Waals surface area contributed by atoms with Gasteiger partial charge in [-0.25, -0.2) is 4.98 Å². The first-order chi connectivity index (χ1) is 9.85. The molecule has 0 bridgehead atoms. The van der Waals surface area contributed by atoms with Gasteiger partial charge in [0.05, 0.1) is 0 Å². The molecule has 0 aliphatic carbocycles. The molecule has 3 rings (SSSR count). The molecule has 0 atom stereocenters. The Bertz CT molecular complexity index is 553. The summed E-state index contributed by atoms with van der Waals surface area (Å²) in [4.78, 5) is 6.81. The highest BCUT2D eigenvalue weighted by Crippen LogP contribution is 2.17. The summed E-state index contributed by atoms with van der Waals surface area (Å²) >= 11 is 0. The summed E-state index contributed by atoms with van der Waals surface area (Å²) in [6, 6.07) is 13.1. The van der Waals surface area contributed by atoms with E-state index in [0.717, 1.165) is 38.3 Å². The molecule has 0 amide bonds. The monoisotopic (exact) mass is 267 g/mol. The fourth-order valence-corrected chi connectivity index (χ4v) is 2.84. The third-order valence-electron chi connectivity index (χ3n) is 4.00. The van der Waals surface area contributed by atoms with Crippen LogP contribution in [0.25, 0.3) is 0 Å². The molecule has 3 heteroatoms. The molecule has 1 aromatic carbocycles. The summed E-state index contributed by atoms with van der Waals surface area (Å²) in [7, 11) is 1.91. The van der Waals surface area contributed by atoms with E-state index in [-0.39, 0.29) is 0 Å². The first kappa shape index (κ1) is 13.1. The first-order valence-electron chi connectivity index (χ1n) is 7.27. The highest BCUT2D eigenvalue weighted by molar-refractivity contribution is 5.36. The van der Waals surface area contributed by atoms with Gasteiger partial charge in [-0.3, -0.25) is 4.90 Å². The Morgan fingerprint density at radius 1 is 1.10 bits per heavy atom.